The van der Waals surface area contributed by atoms with Gasteiger partial charge in [0.15, 0.2) is 0 Å². The Kier molecular flexibility index (Phi) is 8.77. The molecule has 0 aromatic rings. The third-order valence-electron chi connectivity index (χ3n) is 3.41. The molecule has 0 amide bonds. The van der Waals surface area contributed by atoms with E-state index < -0.39 is 0 Å². The fourth-order valence-corrected chi connectivity index (χ4v) is 2.13. The minimum Gasteiger partial charge on any atom is -0.464 e. The van der Waals surface area contributed by atoms with Crippen LogP contribution in [0.1, 0.15) is 6.92 Å². The number of esters is 1. The maximum Gasteiger partial charge on any atom is 0.332 e. The first-order valence-electron chi connectivity index (χ1n) is 7.44. The molecule has 0 spiro atoms. The van der Waals surface area contributed by atoms with E-state index in [4.69, 9.17) is 9.47 Å². The van der Waals surface area contributed by atoms with Gasteiger partial charge in [-0.05, 0) is 21.0 Å². The topological polar surface area (TPSA) is 45.3 Å². The Morgan fingerprint density at radius 2 is 1.70 bits per heavy atom. The van der Waals surface area contributed by atoms with E-state index in [0.29, 0.717) is 13.2 Å². The van der Waals surface area contributed by atoms with Crippen LogP contribution in [-0.4, -0.2) is 100 Å². The summed E-state index contributed by atoms with van der Waals surface area (Å²) in [5.74, 6) is -0.277. The van der Waals surface area contributed by atoms with Crippen LogP contribution in [0.2, 0.25) is 0 Å². The number of likely N-dealkylation sites (N-methyl/N-ethyl adjacent to an activating group) is 1. The zero-order chi connectivity index (χ0) is 14.8. The average molecular weight is 287 g/mol. The summed E-state index contributed by atoms with van der Waals surface area (Å²) in [6, 6.07) is 0. The van der Waals surface area contributed by atoms with Crippen LogP contribution in [0.5, 0.6) is 0 Å². The number of piperazine rings is 1. The van der Waals surface area contributed by atoms with Gasteiger partial charge in [-0.2, -0.15) is 0 Å². The summed E-state index contributed by atoms with van der Waals surface area (Å²) in [6.45, 7) is 10.4. The van der Waals surface area contributed by atoms with Crippen LogP contribution in [0.4, 0.5) is 0 Å². The Hall–Kier alpha value is -0.690. The van der Waals surface area contributed by atoms with Crippen LogP contribution < -0.4 is 0 Å². The van der Waals surface area contributed by atoms with Crippen molar-refractivity contribution in [3.63, 3.8) is 0 Å². The van der Waals surface area contributed by atoms with Gasteiger partial charge in [0.05, 0.1) is 13.2 Å². The van der Waals surface area contributed by atoms with Crippen molar-refractivity contribution in [3.05, 3.63) is 0 Å². The molecule has 1 rings (SSSR count). The van der Waals surface area contributed by atoms with E-state index in [1.807, 2.05) is 0 Å². The Morgan fingerprint density at radius 1 is 1.10 bits per heavy atom. The Labute approximate surface area is 122 Å². The van der Waals surface area contributed by atoms with Crippen molar-refractivity contribution >= 4 is 5.97 Å². The maximum absolute atomic E-state index is 11.1. The predicted octanol–water partition coefficient (Wildman–Crippen LogP) is -0.255. The second kappa shape index (κ2) is 10.1. The van der Waals surface area contributed by atoms with Gasteiger partial charge in [0.25, 0.3) is 0 Å². The summed E-state index contributed by atoms with van der Waals surface area (Å²) in [5, 5.41) is 0. The molecule has 0 N–H and O–H groups in total. The molecule has 1 aliphatic heterocycles. The van der Waals surface area contributed by atoms with Gasteiger partial charge in [-0.1, -0.05) is 0 Å². The third-order valence-corrected chi connectivity index (χ3v) is 3.41. The quantitative estimate of drug-likeness (QED) is 0.430. The number of carbonyl (C=O) groups is 1. The number of rotatable bonds is 9. The fraction of sp³-hybridized carbons (Fsp3) is 0.929. The molecule has 0 radical (unpaired) electrons. The Bertz CT molecular complexity index is 266. The van der Waals surface area contributed by atoms with Crippen molar-refractivity contribution in [2.75, 3.05) is 79.7 Å². The third kappa shape index (κ3) is 7.79. The molecule has 1 saturated heterocycles. The molecule has 0 saturated carbocycles. The molecule has 0 aromatic carbocycles. The molecule has 1 aliphatic rings. The van der Waals surface area contributed by atoms with Gasteiger partial charge in [-0.25, -0.2) is 4.79 Å². The summed E-state index contributed by atoms with van der Waals surface area (Å²) in [6.07, 6.45) is 0. The normalized spacial score (nSPS) is 17.6. The van der Waals surface area contributed by atoms with Gasteiger partial charge in [-0.3, -0.25) is 9.80 Å². The molecular formula is C14H29N3O3. The highest BCUT2D eigenvalue weighted by molar-refractivity contribution is 5.70. The van der Waals surface area contributed by atoms with Crippen molar-refractivity contribution in [3.8, 4) is 0 Å². The minimum atomic E-state index is -0.277. The highest BCUT2D eigenvalue weighted by Crippen LogP contribution is 2.01. The molecule has 118 valence electrons. The van der Waals surface area contributed by atoms with Crippen molar-refractivity contribution in [2.24, 2.45) is 0 Å². The van der Waals surface area contributed by atoms with Gasteiger partial charge in [0, 0.05) is 45.8 Å². The Morgan fingerprint density at radius 3 is 2.25 bits per heavy atom. The SMILES string of the molecule is CCOC(=O)COCCN1CCN(CCN(C)C)CC1. The van der Waals surface area contributed by atoms with Crippen LogP contribution >= 0.6 is 0 Å². The summed E-state index contributed by atoms with van der Waals surface area (Å²) < 4.78 is 10.1. The van der Waals surface area contributed by atoms with Crippen LogP contribution in [0.25, 0.3) is 0 Å². The standard InChI is InChI=1S/C14H29N3O3/c1-4-20-14(18)13-19-12-11-17-9-7-16(8-10-17)6-5-15(2)3/h4-13H2,1-3H3. The first kappa shape index (κ1) is 17.4. The van der Waals surface area contributed by atoms with Gasteiger partial charge < -0.3 is 14.4 Å². The van der Waals surface area contributed by atoms with E-state index in [1.54, 1.807) is 6.92 Å². The van der Waals surface area contributed by atoms with Gasteiger partial charge >= 0.3 is 5.97 Å². The number of carbonyl (C=O) groups excluding carboxylic acids is 1. The van der Waals surface area contributed by atoms with E-state index in [9.17, 15) is 4.79 Å². The van der Waals surface area contributed by atoms with E-state index in [2.05, 4.69) is 28.8 Å². The zero-order valence-corrected chi connectivity index (χ0v) is 13.1. The smallest absolute Gasteiger partial charge is 0.332 e. The van der Waals surface area contributed by atoms with Crippen molar-refractivity contribution in [1.82, 2.24) is 14.7 Å². The summed E-state index contributed by atoms with van der Waals surface area (Å²) >= 11 is 0. The minimum absolute atomic E-state index is 0.0661. The molecule has 20 heavy (non-hydrogen) atoms. The second-order valence-corrected chi connectivity index (χ2v) is 5.34. The zero-order valence-electron chi connectivity index (χ0n) is 13.1. The molecule has 0 unspecified atom stereocenters. The molecule has 0 atom stereocenters. The van der Waals surface area contributed by atoms with E-state index in [1.165, 1.54) is 0 Å². The maximum atomic E-state index is 11.1. The first-order chi connectivity index (χ1) is 9.61. The average Bonchev–Trinajstić information content (AvgIpc) is 2.43. The lowest BCUT2D eigenvalue weighted by Gasteiger charge is -2.35. The van der Waals surface area contributed by atoms with Crippen LogP contribution in [0, 0.1) is 0 Å². The van der Waals surface area contributed by atoms with E-state index in [-0.39, 0.29) is 12.6 Å². The van der Waals surface area contributed by atoms with Crippen molar-refractivity contribution < 1.29 is 14.3 Å². The molecule has 6 nitrogen and oxygen atoms in total. The van der Waals surface area contributed by atoms with Gasteiger partial charge in [-0.15, -0.1) is 0 Å². The molecule has 0 bridgehead atoms. The monoisotopic (exact) mass is 287 g/mol. The second-order valence-electron chi connectivity index (χ2n) is 5.34. The fourth-order valence-electron chi connectivity index (χ4n) is 2.13. The molecule has 0 aliphatic carbocycles. The van der Waals surface area contributed by atoms with Gasteiger partial charge in [0.2, 0.25) is 0 Å². The van der Waals surface area contributed by atoms with E-state index >= 15 is 0 Å². The molecule has 0 aromatic heterocycles. The lowest BCUT2D eigenvalue weighted by Crippen LogP contribution is -2.48. The summed E-state index contributed by atoms with van der Waals surface area (Å²) in [4.78, 5) is 18.2. The summed E-state index contributed by atoms with van der Waals surface area (Å²) in [7, 11) is 4.22. The molecule has 1 heterocycles. The number of hydrogen-bond donors (Lipinski definition) is 0. The van der Waals surface area contributed by atoms with Crippen LogP contribution in [0.15, 0.2) is 0 Å². The van der Waals surface area contributed by atoms with E-state index in [0.717, 1.165) is 45.8 Å². The largest absolute Gasteiger partial charge is 0.464 e. The number of hydrogen-bond acceptors (Lipinski definition) is 6. The lowest BCUT2D eigenvalue weighted by atomic mass is 10.3. The van der Waals surface area contributed by atoms with Crippen LogP contribution in [-0.2, 0) is 14.3 Å². The highest BCUT2D eigenvalue weighted by atomic mass is 16.6. The van der Waals surface area contributed by atoms with Gasteiger partial charge in [0.1, 0.15) is 6.61 Å². The first-order valence-corrected chi connectivity index (χ1v) is 7.44. The highest BCUT2D eigenvalue weighted by Gasteiger charge is 2.16. The number of ether oxygens (including phenoxy) is 2. The molecule has 6 heteroatoms. The molecule has 1 fully saturated rings. The molecular weight excluding hydrogens is 258 g/mol. The number of nitrogens with zero attached hydrogens (tertiary/aromatic N) is 3. The lowest BCUT2D eigenvalue weighted by molar-refractivity contribution is -0.148. The Balaban J connectivity index is 2.01. The van der Waals surface area contributed by atoms with Crippen LogP contribution in [0.3, 0.4) is 0 Å². The summed E-state index contributed by atoms with van der Waals surface area (Å²) in [5.41, 5.74) is 0. The van der Waals surface area contributed by atoms with Crippen molar-refractivity contribution in [2.45, 2.75) is 6.92 Å². The van der Waals surface area contributed by atoms with Crippen molar-refractivity contribution in [1.29, 1.82) is 0 Å². The predicted molar refractivity (Wildman–Crippen MR) is 78.9 cm³/mol.